The van der Waals surface area contributed by atoms with Gasteiger partial charge in [-0.15, -0.1) is 11.5 Å². The maximum atomic E-state index is 3.81. The molecule has 0 heterocycles. The van der Waals surface area contributed by atoms with Gasteiger partial charge in [0.2, 0.25) is 0 Å². The Hall–Kier alpha value is -1.20. The van der Waals surface area contributed by atoms with Crippen molar-refractivity contribution in [3.63, 3.8) is 0 Å². The smallest absolute Gasteiger partial charge is 0.116 e. The second kappa shape index (κ2) is 6.51. The van der Waals surface area contributed by atoms with Gasteiger partial charge in [0.1, 0.15) is 8.80 Å². The number of hydrogen-bond donors (Lipinski definition) is 1. The van der Waals surface area contributed by atoms with Gasteiger partial charge in [0, 0.05) is 18.2 Å². The minimum atomic E-state index is -0.789. The molecule has 4 rings (SSSR count). The first-order valence-electron chi connectivity index (χ1n) is 10.3. The Morgan fingerprint density at radius 3 is 2.56 bits per heavy atom. The molecular formula is C23H33NSi. The Labute approximate surface area is 155 Å². The van der Waals surface area contributed by atoms with Gasteiger partial charge in [-0.05, 0) is 78.5 Å². The molecule has 1 unspecified atom stereocenters. The number of benzene rings is 1. The molecule has 0 spiro atoms. The summed E-state index contributed by atoms with van der Waals surface area (Å²) in [4.78, 5) is 0. The normalized spacial score (nSPS) is 24.4. The van der Waals surface area contributed by atoms with Crippen molar-refractivity contribution in [2.45, 2.75) is 76.8 Å². The second-order valence-electron chi connectivity index (χ2n) is 9.59. The van der Waals surface area contributed by atoms with E-state index in [0.717, 1.165) is 18.4 Å². The Morgan fingerprint density at radius 1 is 1.16 bits per heavy atom. The average Bonchev–Trinajstić information content (AvgIpc) is 3.43. The predicted octanol–water partition coefficient (Wildman–Crippen LogP) is 5.26. The van der Waals surface area contributed by atoms with Crippen LogP contribution in [-0.2, 0) is 11.8 Å². The van der Waals surface area contributed by atoms with Crippen LogP contribution >= 0.6 is 0 Å². The zero-order chi connectivity index (χ0) is 17.6. The van der Waals surface area contributed by atoms with E-state index in [-0.39, 0.29) is 5.41 Å². The van der Waals surface area contributed by atoms with E-state index >= 15 is 0 Å². The summed E-state index contributed by atoms with van der Waals surface area (Å²) >= 11 is 0. The van der Waals surface area contributed by atoms with Crippen molar-refractivity contribution < 1.29 is 0 Å². The van der Waals surface area contributed by atoms with E-state index in [4.69, 9.17) is 0 Å². The third-order valence-electron chi connectivity index (χ3n) is 6.10. The molecule has 134 valence electrons. The molecule has 2 saturated carbocycles. The first-order chi connectivity index (χ1) is 11.9. The summed E-state index contributed by atoms with van der Waals surface area (Å²) in [5.74, 6) is 5.97. The molecule has 2 heteroatoms. The maximum Gasteiger partial charge on any atom is 0.116 e. The Kier molecular flexibility index (Phi) is 4.48. The van der Waals surface area contributed by atoms with E-state index in [1.165, 1.54) is 44.2 Å². The van der Waals surface area contributed by atoms with E-state index in [2.05, 4.69) is 55.9 Å². The highest BCUT2D eigenvalue weighted by atomic mass is 28.3. The lowest BCUT2D eigenvalue weighted by atomic mass is 9.66. The van der Waals surface area contributed by atoms with Crippen molar-refractivity contribution in [2.75, 3.05) is 11.9 Å². The molecule has 0 aromatic heterocycles. The average molecular weight is 352 g/mol. The van der Waals surface area contributed by atoms with E-state index in [9.17, 15) is 0 Å². The molecule has 3 aliphatic rings. The monoisotopic (exact) mass is 351 g/mol. The van der Waals surface area contributed by atoms with Gasteiger partial charge >= 0.3 is 0 Å². The highest BCUT2D eigenvalue weighted by Crippen LogP contribution is 2.50. The van der Waals surface area contributed by atoms with Crippen LogP contribution in [0.15, 0.2) is 12.1 Å². The Bertz CT molecular complexity index is 714. The first kappa shape index (κ1) is 17.2. The summed E-state index contributed by atoms with van der Waals surface area (Å²) in [7, 11) is -0.789. The van der Waals surface area contributed by atoms with E-state index in [0.29, 0.717) is 5.92 Å². The predicted molar refractivity (Wildman–Crippen MR) is 111 cm³/mol. The molecule has 1 aromatic carbocycles. The summed E-state index contributed by atoms with van der Waals surface area (Å²) in [6, 6.07) is 4.83. The Balaban J connectivity index is 1.71. The van der Waals surface area contributed by atoms with Crippen LogP contribution in [0.3, 0.4) is 0 Å². The van der Waals surface area contributed by atoms with Crippen LogP contribution in [0.25, 0.3) is 0 Å². The van der Waals surface area contributed by atoms with Crippen molar-refractivity contribution in [1.82, 2.24) is 0 Å². The van der Waals surface area contributed by atoms with Crippen molar-refractivity contribution in [2.24, 2.45) is 11.8 Å². The Morgan fingerprint density at radius 2 is 1.92 bits per heavy atom. The van der Waals surface area contributed by atoms with Crippen molar-refractivity contribution in [3.8, 4) is 11.5 Å². The molecule has 1 atom stereocenters. The quantitative estimate of drug-likeness (QED) is 0.576. The number of anilines is 1. The van der Waals surface area contributed by atoms with Crippen LogP contribution in [-0.4, -0.2) is 15.3 Å². The fraction of sp³-hybridized carbons (Fsp3) is 0.652. The SMILES string of the molecule is C[SiH](C)C#CC1Cc2c(C3CC3)ccc(NCC3CC3)c2C(C)(C)C1. The highest BCUT2D eigenvalue weighted by Gasteiger charge is 2.38. The third kappa shape index (κ3) is 3.82. The first-order valence-corrected chi connectivity index (χ1v) is 13.2. The van der Waals surface area contributed by atoms with Gasteiger partial charge in [0.25, 0.3) is 0 Å². The molecular weight excluding hydrogens is 318 g/mol. The van der Waals surface area contributed by atoms with Crippen LogP contribution in [0.5, 0.6) is 0 Å². The summed E-state index contributed by atoms with van der Waals surface area (Å²) < 4.78 is 0. The highest BCUT2D eigenvalue weighted by molar-refractivity contribution is 6.64. The number of hydrogen-bond acceptors (Lipinski definition) is 1. The molecule has 2 fully saturated rings. The van der Waals surface area contributed by atoms with Crippen molar-refractivity contribution in [3.05, 3.63) is 28.8 Å². The molecule has 3 aliphatic carbocycles. The minimum absolute atomic E-state index is 0.224. The van der Waals surface area contributed by atoms with E-state index < -0.39 is 8.80 Å². The summed E-state index contributed by atoms with van der Waals surface area (Å²) in [5, 5.41) is 3.81. The fourth-order valence-corrected chi connectivity index (χ4v) is 5.15. The molecule has 1 aromatic rings. The number of nitrogens with one attached hydrogen (secondary N) is 1. The lowest BCUT2D eigenvalue weighted by Gasteiger charge is -2.39. The fourth-order valence-electron chi connectivity index (χ4n) is 4.58. The largest absolute Gasteiger partial charge is 0.385 e. The van der Waals surface area contributed by atoms with E-state index in [1.807, 2.05) is 0 Å². The molecule has 25 heavy (non-hydrogen) atoms. The van der Waals surface area contributed by atoms with Crippen LogP contribution in [0.1, 0.15) is 68.6 Å². The molecule has 0 amide bonds. The van der Waals surface area contributed by atoms with Gasteiger partial charge < -0.3 is 5.32 Å². The zero-order valence-electron chi connectivity index (χ0n) is 16.4. The second-order valence-corrected chi connectivity index (χ2v) is 12.2. The summed E-state index contributed by atoms with van der Waals surface area (Å²) in [6.45, 7) is 10.7. The number of fused-ring (bicyclic) bond motifs is 1. The minimum Gasteiger partial charge on any atom is -0.385 e. The van der Waals surface area contributed by atoms with Gasteiger partial charge in [0.15, 0.2) is 0 Å². The molecule has 0 saturated heterocycles. The maximum absolute atomic E-state index is 3.81. The van der Waals surface area contributed by atoms with E-state index in [1.54, 1.807) is 16.7 Å². The number of rotatable bonds is 4. The van der Waals surface area contributed by atoms with Gasteiger partial charge in [-0.3, -0.25) is 0 Å². The molecule has 0 bridgehead atoms. The molecule has 1 nitrogen and oxygen atoms in total. The van der Waals surface area contributed by atoms with Crippen LogP contribution < -0.4 is 5.32 Å². The van der Waals surface area contributed by atoms with Gasteiger partial charge in [-0.1, -0.05) is 33.0 Å². The van der Waals surface area contributed by atoms with Gasteiger partial charge in [-0.2, -0.15) is 0 Å². The summed E-state index contributed by atoms with van der Waals surface area (Å²) in [6.07, 6.45) is 7.98. The molecule has 1 N–H and O–H groups in total. The topological polar surface area (TPSA) is 12.0 Å². The van der Waals surface area contributed by atoms with Crippen molar-refractivity contribution in [1.29, 1.82) is 0 Å². The lowest BCUT2D eigenvalue weighted by Crippen LogP contribution is -2.31. The van der Waals surface area contributed by atoms with Gasteiger partial charge in [-0.25, -0.2) is 0 Å². The third-order valence-corrected chi connectivity index (χ3v) is 6.85. The molecule has 0 radical (unpaired) electrons. The van der Waals surface area contributed by atoms with Crippen LogP contribution in [0.2, 0.25) is 13.1 Å². The van der Waals surface area contributed by atoms with Crippen LogP contribution in [0.4, 0.5) is 5.69 Å². The van der Waals surface area contributed by atoms with Crippen molar-refractivity contribution >= 4 is 14.5 Å². The zero-order valence-corrected chi connectivity index (χ0v) is 17.6. The lowest BCUT2D eigenvalue weighted by molar-refractivity contribution is 0.381. The molecule has 0 aliphatic heterocycles. The summed E-state index contributed by atoms with van der Waals surface area (Å²) in [5.41, 5.74) is 10.2. The van der Waals surface area contributed by atoms with Crippen LogP contribution in [0, 0.1) is 23.3 Å². The standard InChI is InChI=1S/C23H33NSi/c1-23(2)14-17(11-12-25(3)4)13-20-19(18-7-8-18)9-10-21(22(20)23)24-15-16-5-6-16/h9-10,16-18,24-25H,5-8,13-15H2,1-4H3. The van der Waals surface area contributed by atoms with Gasteiger partial charge in [0.05, 0.1) is 0 Å².